The van der Waals surface area contributed by atoms with Crippen molar-refractivity contribution in [3.63, 3.8) is 0 Å². The maximum absolute atomic E-state index is 13.4. The van der Waals surface area contributed by atoms with E-state index in [-0.39, 0.29) is 34.2 Å². The first-order valence-electron chi connectivity index (χ1n) is 10.0. The van der Waals surface area contributed by atoms with Gasteiger partial charge in [0.25, 0.3) is 0 Å². The molecule has 0 radical (unpaired) electrons. The van der Waals surface area contributed by atoms with E-state index < -0.39 is 11.8 Å². The van der Waals surface area contributed by atoms with Crippen molar-refractivity contribution < 1.29 is 19.8 Å². The smallest absolute Gasteiger partial charge is 0.177 e. The first-order chi connectivity index (χ1) is 14.2. The Balaban J connectivity index is 2.00. The van der Waals surface area contributed by atoms with Crippen LogP contribution in [-0.2, 0) is 0 Å². The van der Waals surface area contributed by atoms with Crippen molar-refractivity contribution in [2.75, 3.05) is 54.4 Å². The molecule has 1 aromatic rings. The van der Waals surface area contributed by atoms with Crippen LogP contribution in [0.25, 0.3) is 0 Å². The summed E-state index contributed by atoms with van der Waals surface area (Å²) < 4.78 is 0. The Bertz CT molecular complexity index is 832. The number of Topliss-reactive ketones (excluding diaryl/α,β-unsaturated/α-hetero) is 2. The molecular weight excluding hydrogens is 384 g/mol. The number of nitrogens with one attached hydrogen (secondary N) is 2. The predicted molar refractivity (Wildman–Crippen MR) is 115 cm³/mol. The van der Waals surface area contributed by atoms with Crippen LogP contribution in [0.3, 0.4) is 0 Å². The molecular formula is C22H30N4O4. The van der Waals surface area contributed by atoms with E-state index >= 15 is 0 Å². The number of benzene rings is 1. The van der Waals surface area contributed by atoms with Crippen molar-refractivity contribution in [2.24, 2.45) is 11.8 Å². The fraction of sp³-hybridized carbons (Fsp3) is 0.455. The van der Waals surface area contributed by atoms with E-state index in [0.29, 0.717) is 24.5 Å². The van der Waals surface area contributed by atoms with Crippen LogP contribution in [0.5, 0.6) is 11.5 Å². The lowest BCUT2D eigenvalue weighted by Crippen LogP contribution is -2.46. The van der Waals surface area contributed by atoms with Gasteiger partial charge in [0.05, 0.1) is 23.0 Å². The summed E-state index contributed by atoms with van der Waals surface area (Å²) in [5.74, 6) is -2.86. The first kappa shape index (κ1) is 21.9. The standard InChI is InChI=1S/C22H30N4O4/c1-25(2)11-9-23-13-5-6-14(24-10-12-26(3)4)18-17(13)21(29)19-15(27)7-8-16(28)20(19)22(18)30/h5-8,17-18,23-24,27-28H,9-12H2,1-4H3. The van der Waals surface area contributed by atoms with Crippen molar-refractivity contribution in [2.45, 2.75) is 0 Å². The number of nitrogens with zero attached hydrogens (tertiary/aromatic N) is 2. The van der Waals surface area contributed by atoms with Crippen LogP contribution >= 0.6 is 0 Å². The van der Waals surface area contributed by atoms with Crippen LogP contribution in [0, 0.1) is 11.8 Å². The number of phenols is 2. The van der Waals surface area contributed by atoms with E-state index in [1.54, 1.807) is 0 Å². The molecule has 30 heavy (non-hydrogen) atoms. The van der Waals surface area contributed by atoms with E-state index in [4.69, 9.17) is 0 Å². The second-order valence-corrected chi connectivity index (χ2v) is 8.24. The maximum Gasteiger partial charge on any atom is 0.177 e. The number of phenolic OH excluding ortho intramolecular Hbond substituents is 2. The number of likely N-dealkylation sites (N-methyl/N-ethyl adjacent to an activating group) is 2. The fourth-order valence-corrected chi connectivity index (χ4v) is 3.91. The average Bonchev–Trinajstić information content (AvgIpc) is 2.67. The topological polar surface area (TPSA) is 105 Å². The Labute approximate surface area is 176 Å². The third-order valence-electron chi connectivity index (χ3n) is 5.44. The van der Waals surface area contributed by atoms with Gasteiger partial charge in [-0.15, -0.1) is 0 Å². The molecule has 4 N–H and O–H groups in total. The van der Waals surface area contributed by atoms with Crippen LogP contribution in [0.15, 0.2) is 35.7 Å². The van der Waals surface area contributed by atoms with Crippen LogP contribution in [0.2, 0.25) is 0 Å². The van der Waals surface area contributed by atoms with E-state index in [1.165, 1.54) is 12.1 Å². The van der Waals surface area contributed by atoms with Gasteiger partial charge in [-0.3, -0.25) is 9.59 Å². The summed E-state index contributed by atoms with van der Waals surface area (Å²) in [5.41, 5.74) is 1.09. The molecule has 2 aliphatic carbocycles. The number of hydrogen-bond donors (Lipinski definition) is 4. The highest BCUT2D eigenvalue weighted by molar-refractivity contribution is 6.20. The lowest BCUT2D eigenvalue weighted by Gasteiger charge is -2.37. The van der Waals surface area contributed by atoms with Gasteiger partial charge in [0.15, 0.2) is 11.6 Å². The number of allylic oxidation sites excluding steroid dienone is 4. The minimum Gasteiger partial charge on any atom is -0.507 e. The molecule has 2 aliphatic rings. The number of carbonyl (C=O) groups is 2. The molecule has 2 unspecified atom stereocenters. The molecule has 162 valence electrons. The molecule has 0 spiro atoms. The lowest BCUT2D eigenvalue weighted by atomic mass is 9.68. The SMILES string of the molecule is CN(C)CCNC1=CC=C(NCCN(C)C)C2C(=O)c3c(O)ccc(O)c3C(=O)C12. The molecule has 0 fully saturated rings. The second kappa shape index (κ2) is 8.89. The molecule has 3 rings (SSSR count). The van der Waals surface area contributed by atoms with Crippen LogP contribution in [-0.4, -0.2) is 85.9 Å². The zero-order valence-corrected chi connectivity index (χ0v) is 17.9. The molecule has 0 heterocycles. The van der Waals surface area contributed by atoms with Gasteiger partial charge in [0.1, 0.15) is 11.5 Å². The molecule has 8 heteroatoms. The van der Waals surface area contributed by atoms with Crippen molar-refractivity contribution in [3.05, 3.63) is 46.8 Å². The minimum atomic E-state index is -0.772. The molecule has 0 bridgehead atoms. The molecule has 0 amide bonds. The van der Waals surface area contributed by atoms with Crippen LogP contribution in [0.1, 0.15) is 20.7 Å². The summed E-state index contributed by atoms with van der Waals surface area (Å²) in [4.78, 5) is 30.9. The normalized spacial score (nSPS) is 20.6. The highest BCUT2D eigenvalue weighted by atomic mass is 16.3. The van der Waals surface area contributed by atoms with Crippen LogP contribution < -0.4 is 10.6 Å². The van der Waals surface area contributed by atoms with Crippen molar-refractivity contribution >= 4 is 11.6 Å². The predicted octanol–water partition coefficient (Wildman–Crippen LogP) is 0.793. The summed E-state index contributed by atoms with van der Waals surface area (Å²) in [5, 5.41) is 27.2. The summed E-state index contributed by atoms with van der Waals surface area (Å²) in [6, 6.07) is 2.49. The number of fused-ring (bicyclic) bond motifs is 2. The van der Waals surface area contributed by atoms with Crippen LogP contribution in [0.4, 0.5) is 0 Å². The van der Waals surface area contributed by atoms with Gasteiger partial charge in [-0.2, -0.15) is 0 Å². The molecule has 2 atom stereocenters. The van der Waals surface area contributed by atoms with Gasteiger partial charge >= 0.3 is 0 Å². The van der Waals surface area contributed by atoms with Gasteiger partial charge in [0, 0.05) is 37.6 Å². The van der Waals surface area contributed by atoms with E-state index in [9.17, 15) is 19.8 Å². The summed E-state index contributed by atoms with van der Waals surface area (Å²) in [6.45, 7) is 2.74. The third-order valence-corrected chi connectivity index (χ3v) is 5.44. The number of ketones is 2. The zero-order valence-electron chi connectivity index (χ0n) is 17.9. The fourth-order valence-electron chi connectivity index (χ4n) is 3.91. The zero-order chi connectivity index (χ0) is 22.0. The number of carbonyl (C=O) groups excluding carboxylic acids is 2. The van der Waals surface area contributed by atoms with E-state index in [1.807, 2.05) is 50.1 Å². The van der Waals surface area contributed by atoms with Gasteiger partial charge in [-0.25, -0.2) is 0 Å². The molecule has 0 aliphatic heterocycles. The third kappa shape index (κ3) is 4.20. The van der Waals surface area contributed by atoms with Gasteiger partial charge < -0.3 is 30.6 Å². The highest BCUT2D eigenvalue weighted by Gasteiger charge is 2.48. The van der Waals surface area contributed by atoms with Crippen molar-refractivity contribution in [1.29, 1.82) is 0 Å². The Morgan fingerprint density at radius 2 is 1.13 bits per heavy atom. The Morgan fingerprint density at radius 3 is 1.47 bits per heavy atom. The van der Waals surface area contributed by atoms with Gasteiger partial charge in [-0.05, 0) is 52.5 Å². The molecule has 0 aromatic heterocycles. The largest absolute Gasteiger partial charge is 0.507 e. The first-order valence-corrected chi connectivity index (χ1v) is 10.0. The lowest BCUT2D eigenvalue weighted by molar-refractivity contribution is 0.0769. The van der Waals surface area contributed by atoms with E-state index in [2.05, 4.69) is 10.6 Å². The minimum absolute atomic E-state index is 0.101. The quantitative estimate of drug-likeness (QED) is 0.463. The molecule has 1 aromatic carbocycles. The Hall–Kier alpha value is -2.84. The van der Waals surface area contributed by atoms with Gasteiger partial charge in [-0.1, -0.05) is 0 Å². The molecule has 0 saturated heterocycles. The van der Waals surface area contributed by atoms with Crippen molar-refractivity contribution in [3.8, 4) is 11.5 Å². The number of aromatic hydroxyl groups is 2. The van der Waals surface area contributed by atoms with Gasteiger partial charge in [0.2, 0.25) is 0 Å². The molecule has 0 saturated carbocycles. The van der Waals surface area contributed by atoms with Crippen molar-refractivity contribution in [1.82, 2.24) is 20.4 Å². The highest BCUT2D eigenvalue weighted by Crippen LogP contribution is 2.44. The summed E-state index contributed by atoms with van der Waals surface area (Å²) >= 11 is 0. The number of rotatable bonds is 8. The monoisotopic (exact) mass is 414 g/mol. The Morgan fingerprint density at radius 1 is 0.767 bits per heavy atom. The second-order valence-electron chi connectivity index (χ2n) is 8.24. The molecule has 8 nitrogen and oxygen atoms in total. The Kier molecular flexibility index (Phi) is 6.48. The number of hydrogen-bond acceptors (Lipinski definition) is 8. The van der Waals surface area contributed by atoms with E-state index in [0.717, 1.165) is 13.1 Å². The maximum atomic E-state index is 13.4. The average molecular weight is 415 g/mol. The summed E-state index contributed by atoms with van der Waals surface area (Å²) in [6.07, 6.45) is 3.65. The summed E-state index contributed by atoms with van der Waals surface area (Å²) in [7, 11) is 7.83.